The van der Waals surface area contributed by atoms with Crippen LogP contribution in [0.4, 0.5) is 4.39 Å². The molecule has 0 radical (unpaired) electrons. The van der Waals surface area contributed by atoms with Crippen LogP contribution < -0.4 is 0 Å². The Balaban J connectivity index is 1.50. The summed E-state index contributed by atoms with van der Waals surface area (Å²) in [5, 5.41) is 0.845. The first-order chi connectivity index (χ1) is 14.0. The molecule has 1 N–H and O–H groups in total. The lowest BCUT2D eigenvalue weighted by atomic mass is 10.0. The van der Waals surface area contributed by atoms with Crippen molar-refractivity contribution in [3.63, 3.8) is 0 Å². The van der Waals surface area contributed by atoms with Crippen molar-refractivity contribution in [1.82, 2.24) is 19.8 Å². The molecule has 0 aliphatic carbocycles. The van der Waals surface area contributed by atoms with Gasteiger partial charge in [0.05, 0.1) is 6.54 Å². The minimum atomic E-state index is -1.43. The molecule has 4 rings (SSSR count). The molecule has 0 bridgehead atoms. The van der Waals surface area contributed by atoms with Crippen LogP contribution in [0.25, 0.3) is 22.3 Å². The van der Waals surface area contributed by atoms with Crippen LogP contribution in [0.5, 0.6) is 0 Å². The van der Waals surface area contributed by atoms with Crippen molar-refractivity contribution in [3.8, 4) is 0 Å². The molecule has 6 heteroatoms. The highest BCUT2D eigenvalue weighted by Crippen LogP contribution is 2.29. The molecule has 148 valence electrons. The average molecular weight is 390 g/mol. The molecule has 1 saturated heterocycles. The molecule has 5 nitrogen and oxygen atoms in total. The van der Waals surface area contributed by atoms with Crippen LogP contribution in [0.1, 0.15) is 16.7 Å². The van der Waals surface area contributed by atoms with Gasteiger partial charge in [-0.1, -0.05) is 43.5 Å². The maximum Gasteiger partial charge on any atom is 0.256 e. The number of hydrogen-bond acceptors (Lipinski definition) is 3. The largest absolute Gasteiger partial charge is 0.365 e. The summed E-state index contributed by atoms with van der Waals surface area (Å²) in [5.41, 5.74) is 4.32. The quantitative estimate of drug-likeness (QED) is 0.541. The number of piperazine rings is 1. The number of benzene rings is 1. The Morgan fingerprint density at radius 3 is 2.69 bits per heavy atom. The van der Waals surface area contributed by atoms with Gasteiger partial charge >= 0.3 is 0 Å². The van der Waals surface area contributed by atoms with Crippen molar-refractivity contribution in [1.29, 1.82) is 0 Å². The van der Waals surface area contributed by atoms with E-state index in [1.165, 1.54) is 4.90 Å². The number of halogens is 1. The number of fused-ring (bicyclic) bond motifs is 1. The van der Waals surface area contributed by atoms with Gasteiger partial charge in [0.1, 0.15) is 5.65 Å². The van der Waals surface area contributed by atoms with Crippen LogP contribution >= 0.6 is 0 Å². The zero-order valence-electron chi connectivity index (χ0n) is 16.4. The number of hydrogen-bond donors (Lipinski definition) is 1. The van der Waals surface area contributed by atoms with Crippen molar-refractivity contribution in [2.75, 3.05) is 19.6 Å². The van der Waals surface area contributed by atoms with Gasteiger partial charge < -0.3 is 14.8 Å². The van der Waals surface area contributed by atoms with Gasteiger partial charge in [0, 0.05) is 47.7 Å². The number of alkyl halides is 1. The van der Waals surface area contributed by atoms with Crippen LogP contribution in [0.15, 0.2) is 61.9 Å². The monoisotopic (exact) mass is 390 g/mol. The molecule has 0 saturated carbocycles. The molecule has 1 aromatic carbocycles. The fourth-order valence-corrected chi connectivity index (χ4v) is 3.77. The molecule has 1 amide bonds. The number of rotatable bonds is 4. The normalized spacial score (nSPS) is 16.8. The predicted octanol–water partition coefficient (Wildman–Crippen LogP) is 4.00. The number of carbonyl (C=O) groups is 1. The minimum Gasteiger partial charge on any atom is -0.365 e. The number of nitrogens with one attached hydrogen (secondary N) is 1. The van der Waals surface area contributed by atoms with Crippen LogP contribution in [-0.2, 0) is 4.79 Å². The number of aromatic nitrogens is 2. The van der Waals surface area contributed by atoms with Gasteiger partial charge in [-0.25, -0.2) is 9.37 Å². The Labute approximate surface area is 169 Å². The summed E-state index contributed by atoms with van der Waals surface area (Å²) in [5.74, 6) is -0.397. The topological polar surface area (TPSA) is 52.2 Å². The summed E-state index contributed by atoms with van der Waals surface area (Å²) in [4.78, 5) is 23.5. The molecule has 1 aliphatic rings. The third kappa shape index (κ3) is 3.42. The lowest BCUT2D eigenvalue weighted by Crippen LogP contribution is -2.52. The maximum absolute atomic E-state index is 15.0. The maximum atomic E-state index is 15.0. The molecule has 0 unspecified atom stereocenters. The van der Waals surface area contributed by atoms with E-state index in [4.69, 9.17) is 0 Å². The van der Waals surface area contributed by atoms with E-state index in [2.05, 4.69) is 23.1 Å². The summed E-state index contributed by atoms with van der Waals surface area (Å²) in [7, 11) is 0. The van der Waals surface area contributed by atoms with Gasteiger partial charge in [-0.15, -0.1) is 0 Å². The van der Waals surface area contributed by atoms with E-state index in [1.807, 2.05) is 48.2 Å². The second-order valence-corrected chi connectivity index (χ2v) is 7.22. The van der Waals surface area contributed by atoms with E-state index in [0.29, 0.717) is 17.8 Å². The van der Waals surface area contributed by atoms with E-state index in [1.54, 1.807) is 12.4 Å². The van der Waals surface area contributed by atoms with Gasteiger partial charge in [-0.3, -0.25) is 4.79 Å². The van der Waals surface area contributed by atoms with Crippen LogP contribution in [0, 0.1) is 6.92 Å². The summed E-state index contributed by atoms with van der Waals surface area (Å²) >= 11 is 0. The van der Waals surface area contributed by atoms with E-state index in [0.717, 1.165) is 22.2 Å². The van der Waals surface area contributed by atoms with Crippen molar-refractivity contribution in [3.05, 3.63) is 78.6 Å². The number of carbonyl (C=O) groups excluding carboxylic acids is 1. The molecule has 3 heterocycles. The summed E-state index contributed by atoms with van der Waals surface area (Å²) in [6, 6.07) is 11.6. The first kappa shape index (κ1) is 18.9. The Morgan fingerprint density at radius 2 is 1.97 bits per heavy atom. The van der Waals surface area contributed by atoms with Crippen molar-refractivity contribution in [2.24, 2.45) is 0 Å². The Morgan fingerprint density at radius 1 is 1.21 bits per heavy atom. The summed E-state index contributed by atoms with van der Waals surface area (Å²) in [6.45, 7) is 10.9. The van der Waals surface area contributed by atoms with Crippen molar-refractivity contribution >= 4 is 28.2 Å². The lowest BCUT2D eigenvalue weighted by molar-refractivity contribution is -0.133. The fourth-order valence-electron chi connectivity index (χ4n) is 3.77. The molecular weight excluding hydrogens is 367 g/mol. The molecule has 1 fully saturated rings. The zero-order chi connectivity index (χ0) is 20.5. The SMILES string of the molecule is C=C(C(=O)N1CCN(C(=C)c2ccccc2)C[C@H]1F)c1c[nH]c2nccc(C)c12. The number of aromatic amines is 1. The lowest BCUT2D eigenvalue weighted by Gasteiger charge is -2.39. The average Bonchev–Trinajstić information content (AvgIpc) is 3.18. The number of amides is 1. The molecule has 29 heavy (non-hydrogen) atoms. The highest BCUT2D eigenvalue weighted by molar-refractivity contribution is 6.22. The van der Waals surface area contributed by atoms with E-state index in [-0.39, 0.29) is 18.7 Å². The van der Waals surface area contributed by atoms with Gasteiger partial charge in [0.15, 0.2) is 6.30 Å². The third-order valence-corrected chi connectivity index (χ3v) is 5.43. The fraction of sp³-hybridized carbons (Fsp3) is 0.217. The van der Waals surface area contributed by atoms with Gasteiger partial charge in [-0.2, -0.15) is 0 Å². The molecule has 3 aromatic rings. The van der Waals surface area contributed by atoms with Crippen molar-refractivity contribution in [2.45, 2.75) is 13.2 Å². The Hall–Kier alpha value is -3.41. The van der Waals surface area contributed by atoms with E-state index in [9.17, 15) is 9.18 Å². The van der Waals surface area contributed by atoms with E-state index < -0.39 is 12.2 Å². The summed E-state index contributed by atoms with van der Waals surface area (Å²) < 4.78 is 15.0. The van der Waals surface area contributed by atoms with Crippen LogP contribution in [0.3, 0.4) is 0 Å². The van der Waals surface area contributed by atoms with Gasteiger partial charge in [0.25, 0.3) is 5.91 Å². The second-order valence-electron chi connectivity index (χ2n) is 7.22. The molecule has 1 atom stereocenters. The zero-order valence-corrected chi connectivity index (χ0v) is 16.4. The highest BCUT2D eigenvalue weighted by Gasteiger charge is 2.33. The smallest absolute Gasteiger partial charge is 0.256 e. The van der Waals surface area contributed by atoms with Gasteiger partial charge in [-0.05, 0) is 24.1 Å². The summed E-state index contributed by atoms with van der Waals surface area (Å²) in [6.07, 6.45) is 1.99. The number of nitrogens with zero attached hydrogens (tertiary/aromatic N) is 3. The molecular formula is C23H23FN4O. The Kier molecular flexibility index (Phi) is 4.92. The van der Waals surface area contributed by atoms with Gasteiger partial charge in [0.2, 0.25) is 0 Å². The molecule has 0 spiro atoms. The second kappa shape index (κ2) is 7.54. The predicted molar refractivity (Wildman–Crippen MR) is 114 cm³/mol. The number of H-pyrrole nitrogens is 1. The standard InChI is InChI=1S/C23H23FN4O/c1-15-9-10-25-22-21(15)19(13-26-22)16(2)23(29)28-12-11-27(14-20(28)24)17(3)18-7-5-4-6-8-18/h4-10,13,20H,2-3,11-12,14H2,1H3,(H,25,26)/t20-/m0/s1. The van der Waals surface area contributed by atoms with Crippen molar-refractivity contribution < 1.29 is 9.18 Å². The van der Waals surface area contributed by atoms with Crippen LogP contribution in [0.2, 0.25) is 0 Å². The van der Waals surface area contributed by atoms with E-state index >= 15 is 0 Å². The molecule has 2 aromatic heterocycles. The third-order valence-electron chi connectivity index (χ3n) is 5.43. The Bertz CT molecular complexity index is 1090. The minimum absolute atomic E-state index is 0.0845. The number of aryl methyl sites for hydroxylation is 1. The number of pyridine rings is 1. The van der Waals surface area contributed by atoms with Crippen LogP contribution in [-0.4, -0.2) is 51.6 Å². The molecule has 1 aliphatic heterocycles. The first-order valence-electron chi connectivity index (χ1n) is 9.53. The first-order valence-corrected chi connectivity index (χ1v) is 9.53. The highest BCUT2D eigenvalue weighted by atomic mass is 19.1.